The molecule has 1 atom stereocenters. The van der Waals surface area contributed by atoms with Crippen molar-refractivity contribution in [3.05, 3.63) is 22.8 Å². The highest BCUT2D eigenvalue weighted by Crippen LogP contribution is 2.40. The predicted octanol–water partition coefficient (Wildman–Crippen LogP) is 3.00. The summed E-state index contributed by atoms with van der Waals surface area (Å²) in [5.74, 6) is 0.241. The van der Waals surface area contributed by atoms with E-state index in [1.165, 1.54) is 37.5 Å². The van der Waals surface area contributed by atoms with Gasteiger partial charge in [0, 0.05) is 11.5 Å². The van der Waals surface area contributed by atoms with E-state index < -0.39 is 0 Å². The summed E-state index contributed by atoms with van der Waals surface area (Å²) in [7, 11) is 1.48. The predicted molar refractivity (Wildman–Crippen MR) is 59.4 cm³/mol. The monoisotopic (exact) mass is 206 g/mol. The molecule has 82 valence electrons. The molecule has 2 rings (SSSR count). The van der Waals surface area contributed by atoms with Crippen LogP contribution in [0.4, 0.5) is 0 Å². The Balaban J connectivity index is 2.29. The summed E-state index contributed by atoms with van der Waals surface area (Å²) >= 11 is 0. The van der Waals surface area contributed by atoms with Crippen molar-refractivity contribution >= 4 is 5.97 Å². The van der Waals surface area contributed by atoms with E-state index in [0.29, 0.717) is 5.92 Å². The van der Waals surface area contributed by atoms with E-state index in [1.807, 2.05) is 6.92 Å². The van der Waals surface area contributed by atoms with Crippen LogP contribution in [0.5, 0.6) is 0 Å². The zero-order valence-corrected chi connectivity index (χ0v) is 9.51. The van der Waals surface area contributed by atoms with E-state index in [4.69, 9.17) is 4.74 Å². The minimum atomic E-state index is -0.120. The third kappa shape index (κ3) is 1.85. The van der Waals surface area contributed by atoms with Gasteiger partial charge in [0.15, 0.2) is 0 Å². The van der Waals surface area contributed by atoms with Crippen molar-refractivity contribution < 1.29 is 9.53 Å². The van der Waals surface area contributed by atoms with Crippen LogP contribution in [0, 0.1) is 5.92 Å². The Labute approximate surface area is 91.0 Å². The van der Waals surface area contributed by atoms with Crippen LogP contribution in [0.25, 0.3) is 0 Å². The third-order valence-corrected chi connectivity index (χ3v) is 3.54. The van der Waals surface area contributed by atoms with Gasteiger partial charge in [-0.25, -0.2) is 4.79 Å². The fraction of sp³-hybridized carbons (Fsp3) is 0.615. The van der Waals surface area contributed by atoms with Crippen molar-refractivity contribution in [1.29, 1.82) is 0 Å². The molecule has 0 saturated heterocycles. The molecule has 2 aliphatic rings. The van der Waals surface area contributed by atoms with E-state index in [-0.39, 0.29) is 5.97 Å². The Morgan fingerprint density at radius 2 is 2.27 bits per heavy atom. The first-order valence-corrected chi connectivity index (χ1v) is 5.71. The highest BCUT2D eigenvalue weighted by molar-refractivity contribution is 5.91. The van der Waals surface area contributed by atoms with E-state index >= 15 is 0 Å². The number of ether oxygens (including phenoxy) is 1. The van der Waals surface area contributed by atoms with Gasteiger partial charge in [0.2, 0.25) is 0 Å². The molecule has 0 bridgehead atoms. The number of carbonyl (C=O) groups excluding carboxylic acids is 1. The van der Waals surface area contributed by atoms with Crippen molar-refractivity contribution in [2.45, 2.75) is 39.0 Å². The molecule has 0 radical (unpaired) electrons. The number of rotatable bonds is 1. The van der Waals surface area contributed by atoms with Gasteiger partial charge >= 0.3 is 5.97 Å². The maximum Gasteiger partial charge on any atom is 0.334 e. The summed E-state index contributed by atoms with van der Waals surface area (Å²) in [6.45, 7) is 2.05. The molecule has 0 aliphatic heterocycles. The van der Waals surface area contributed by atoms with Gasteiger partial charge in [-0.1, -0.05) is 23.6 Å². The molecule has 0 amide bonds. The fourth-order valence-electron chi connectivity index (χ4n) is 2.73. The van der Waals surface area contributed by atoms with Gasteiger partial charge in [-0.05, 0) is 32.6 Å². The SMILES string of the molecule is COC(=O)C1=C(C)CC=C2CCCCC21. The number of esters is 1. The summed E-state index contributed by atoms with van der Waals surface area (Å²) in [6, 6.07) is 0. The van der Waals surface area contributed by atoms with Crippen LogP contribution in [0.15, 0.2) is 22.8 Å². The lowest BCUT2D eigenvalue weighted by Crippen LogP contribution is -2.23. The van der Waals surface area contributed by atoms with Gasteiger partial charge in [0.05, 0.1) is 7.11 Å². The minimum absolute atomic E-state index is 0.120. The Morgan fingerprint density at radius 1 is 1.47 bits per heavy atom. The van der Waals surface area contributed by atoms with E-state index in [0.717, 1.165) is 18.4 Å². The molecule has 1 saturated carbocycles. The molecule has 0 aromatic carbocycles. The van der Waals surface area contributed by atoms with Gasteiger partial charge in [-0.2, -0.15) is 0 Å². The lowest BCUT2D eigenvalue weighted by atomic mass is 9.74. The first-order valence-electron chi connectivity index (χ1n) is 5.71. The highest BCUT2D eigenvalue weighted by Gasteiger charge is 2.30. The summed E-state index contributed by atoms with van der Waals surface area (Å²) in [5, 5.41) is 0. The Morgan fingerprint density at radius 3 is 3.00 bits per heavy atom. The van der Waals surface area contributed by atoms with Crippen LogP contribution >= 0.6 is 0 Å². The van der Waals surface area contributed by atoms with Gasteiger partial charge in [0.25, 0.3) is 0 Å². The average molecular weight is 206 g/mol. The second kappa shape index (κ2) is 4.21. The molecular weight excluding hydrogens is 188 g/mol. The first-order chi connectivity index (χ1) is 7.24. The van der Waals surface area contributed by atoms with Crippen molar-refractivity contribution in [3.8, 4) is 0 Å². The van der Waals surface area contributed by atoms with Crippen molar-refractivity contribution in [2.24, 2.45) is 5.92 Å². The first kappa shape index (κ1) is 10.5. The molecule has 0 spiro atoms. The molecule has 1 fully saturated rings. The van der Waals surface area contributed by atoms with Gasteiger partial charge < -0.3 is 4.74 Å². The van der Waals surface area contributed by atoms with Gasteiger partial charge in [0.1, 0.15) is 0 Å². The normalized spacial score (nSPS) is 25.7. The Kier molecular flexibility index (Phi) is 2.94. The quantitative estimate of drug-likeness (QED) is 0.487. The standard InChI is InChI=1S/C13H18O2/c1-9-7-8-10-5-3-4-6-11(10)12(9)13(14)15-2/h8,11H,3-7H2,1-2H3. The fourth-order valence-corrected chi connectivity index (χ4v) is 2.73. The third-order valence-electron chi connectivity index (χ3n) is 3.54. The van der Waals surface area contributed by atoms with Crippen LogP contribution in [-0.2, 0) is 9.53 Å². The molecule has 0 heterocycles. The Bertz CT molecular complexity index is 336. The molecular formula is C13H18O2. The zero-order valence-electron chi connectivity index (χ0n) is 9.51. The van der Waals surface area contributed by atoms with Crippen LogP contribution in [-0.4, -0.2) is 13.1 Å². The number of fused-ring (bicyclic) bond motifs is 1. The largest absolute Gasteiger partial charge is 0.466 e. The second-order valence-electron chi connectivity index (χ2n) is 4.47. The van der Waals surface area contributed by atoms with Crippen molar-refractivity contribution in [1.82, 2.24) is 0 Å². The number of hydrogen-bond donors (Lipinski definition) is 0. The molecule has 15 heavy (non-hydrogen) atoms. The topological polar surface area (TPSA) is 26.3 Å². The van der Waals surface area contributed by atoms with Crippen LogP contribution in [0.3, 0.4) is 0 Å². The van der Waals surface area contributed by atoms with Crippen LogP contribution in [0.1, 0.15) is 39.0 Å². The lowest BCUT2D eigenvalue weighted by molar-refractivity contribution is -0.136. The van der Waals surface area contributed by atoms with E-state index in [2.05, 4.69) is 6.08 Å². The lowest BCUT2D eigenvalue weighted by Gasteiger charge is -2.31. The maximum absolute atomic E-state index is 11.7. The molecule has 0 N–H and O–H groups in total. The second-order valence-corrected chi connectivity index (χ2v) is 4.47. The van der Waals surface area contributed by atoms with Gasteiger partial charge in [-0.15, -0.1) is 0 Å². The maximum atomic E-state index is 11.7. The van der Waals surface area contributed by atoms with Crippen molar-refractivity contribution in [2.75, 3.05) is 7.11 Å². The van der Waals surface area contributed by atoms with Crippen LogP contribution in [0.2, 0.25) is 0 Å². The summed E-state index contributed by atoms with van der Waals surface area (Å²) in [4.78, 5) is 11.7. The average Bonchev–Trinajstić information content (AvgIpc) is 2.28. The highest BCUT2D eigenvalue weighted by atomic mass is 16.5. The number of hydrogen-bond acceptors (Lipinski definition) is 2. The van der Waals surface area contributed by atoms with E-state index in [9.17, 15) is 4.79 Å². The number of allylic oxidation sites excluding steroid dienone is 3. The van der Waals surface area contributed by atoms with Crippen molar-refractivity contribution in [3.63, 3.8) is 0 Å². The number of carbonyl (C=O) groups is 1. The summed E-state index contributed by atoms with van der Waals surface area (Å²) in [6.07, 6.45) is 8.03. The van der Waals surface area contributed by atoms with Crippen LogP contribution < -0.4 is 0 Å². The zero-order chi connectivity index (χ0) is 10.8. The molecule has 2 aliphatic carbocycles. The van der Waals surface area contributed by atoms with Gasteiger partial charge in [-0.3, -0.25) is 0 Å². The number of methoxy groups -OCH3 is 1. The molecule has 2 nitrogen and oxygen atoms in total. The molecule has 1 unspecified atom stereocenters. The summed E-state index contributed by atoms with van der Waals surface area (Å²) < 4.78 is 4.89. The molecule has 2 heteroatoms. The molecule has 0 aromatic heterocycles. The molecule has 0 aromatic rings. The minimum Gasteiger partial charge on any atom is -0.466 e. The smallest absolute Gasteiger partial charge is 0.334 e. The van der Waals surface area contributed by atoms with E-state index in [1.54, 1.807) is 0 Å². The summed E-state index contributed by atoms with van der Waals surface area (Å²) in [5.41, 5.74) is 3.60. The Hall–Kier alpha value is -1.05.